The third kappa shape index (κ3) is 3.19. The van der Waals surface area contributed by atoms with Crippen molar-refractivity contribution >= 4 is 40.8 Å². The van der Waals surface area contributed by atoms with Crippen molar-refractivity contribution in [2.75, 3.05) is 19.0 Å². The summed E-state index contributed by atoms with van der Waals surface area (Å²) in [6.45, 7) is 6.90. The molecule has 2 aliphatic rings. The van der Waals surface area contributed by atoms with E-state index in [2.05, 4.69) is 16.9 Å². The Bertz CT molecular complexity index is 971. The van der Waals surface area contributed by atoms with Crippen molar-refractivity contribution in [2.24, 2.45) is 10.3 Å². The fourth-order valence-corrected chi connectivity index (χ4v) is 3.21. The Morgan fingerprint density at radius 2 is 1.93 bits per heavy atom. The van der Waals surface area contributed by atoms with E-state index in [9.17, 15) is 14.0 Å². The first-order chi connectivity index (χ1) is 13.5. The van der Waals surface area contributed by atoms with Crippen molar-refractivity contribution in [3.05, 3.63) is 40.9 Å². The topological polar surface area (TPSA) is 98.0 Å². The Balaban J connectivity index is 2.05. The van der Waals surface area contributed by atoms with Crippen LogP contribution in [0, 0.1) is 5.82 Å². The molecule has 2 heterocycles. The number of nitrogens with zero attached hydrogens (tertiary/aromatic N) is 5. The predicted molar refractivity (Wildman–Crippen MR) is 105 cm³/mol. The van der Waals surface area contributed by atoms with Crippen LogP contribution in [0.1, 0.15) is 25.8 Å². The number of halogens is 2. The SMILES string of the molecule is C=C1N(C)C(=O)N(c2cc(C3=NOC(C)(/C(C)=N/O)C3)c(Cl)cc2F)C(=O)N1C. The third-order valence-electron chi connectivity index (χ3n) is 5.10. The van der Waals surface area contributed by atoms with E-state index in [-0.39, 0.29) is 34.2 Å². The van der Waals surface area contributed by atoms with Crippen LogP contribution in [-0.4, -0.2) is 58.2 Å². The molecule has 1 fully saturated rings. The van der Waals surface area contributed by atoms with Crippen molar-refractivity contribution in [1.82, 2.24) is 9.80 Å². The minimum Gasteiger partial charge on any atom is -0.411 e. The summed E-state index contributed by atoms with van der Waals surface area (Å²) in [4.78, 5) is 33.6. The quantitative estimate of drug-likeness (QED) is 0.456. The van der Waals surface area contributed by atoms with Crippen molar-refractivity contribution < 1.29 is 24.0 Å². The Kier molecular flexibility index (Phi) is 4.99. The van der Waals surface area contributed by atoms with Crippen LogP contribution in [0.2, 0.25) is 5.02 Å². The molecule has 0 radical (unpaired) electrons. The second-order valence-corrected chi connectivity index (χ2v) is 7.35. The molecule has 4 amide bonds. The van der Waals surface area contributed by atoms with E-state index in [1.807, 2.05) is 0 Å². The van der Waals surface area contributed by atoms with Crippen LogP contribution in [0.3, 0.4) is 0 Å². The number of amides is 4. The molecule has 9 nitrogen and oxygen atoms in total. The molecule has 0 spiro atoms. The van der Waals surface area contributed by atoms with Gasteiger partial charge >= 0.3 is 12.1 Å². The molecule has 154 valence electrons. The van der Waals surface area contributed by atoms with Crippen LogP contribution in [0.15, 0.2) is 34.8 Å². The first-order valence-electron chi connectivity index (χ1n) is 8.50. The molecule has 29 heavy (non-hydrogen) atoms. The molecule has 1 N–H and O–H groups in total. The molecule has 0 saturated carbocycles. The average Bonchev–Trinajstić information content (AvgIpc) is 3.09. The van der Waals surface area contributed by atoms with Gasteiger partial charge < -0.3 is 10.0 Å². The fraction of sp³-hybridized carbons (Fsp3) is 0.333. The zero-order valence-electron chi connectivity index (χ0n) is 16.2. The molecule has 2 aliphatic heterocycles. The van der Waals surface area contributed by atoms with Gasteiger partial charge in [-0.2, -0.15) is 0 Å². The van der Waals surface area contributed by atoms with Gasteiger partial charge in [0.05, 0.1) is 16.4 Å². The number of anilines is 1. The van der Waals surface area contributed by atoms with Crippen LogP contribution in [0.25, 0.3) is 0 Å². The lowest BCUT2D eigenvalue weighted by Crippen LogP contribution is -2.57. The summed E-state index contributed by atoms with van der Waals surface area (Å²) in [5.41, 5.74) is -0.360. The molecule has 1 aromatic rings. The lowest BCUT2D eigenvalue weighted by atomic mass is 9.92. The number of imide groups is 1. The predicted octanol–water partition coefficient (Wildman–Crippen LogP) is 3.61. The summed E-state index contributed by atoms with van der Waals surface area (Å²) in [6, 6.07) is 0.746. The van der Waals surface area contributed by atoms with Gasteiger partial charge in [-0.25, -0.2) is 18.9 Å². The standard InChI is InChI=1S/C18H19ClFN5O4/c1-9(21-28)18(3)8-14(22-29-18)11-6-15(13(20)7-12(11)19)25-16(26)23(4)10(2)24(5)17(25)27/h6-7,28H,2,8H2,1,3-5H3/b21-9+. The molecule has 1 aromatic carbocycles. The number of oxime groups is 2. The summed E-state index contributed by atoms with van der Waals surface area (Å²) < 4.78 is 14.7. The van der Waals surface area contributed by atoms with Crippen LogP contribution in [-0.2, 0) is 4.84 Å². The van der Waals surface area contributed by atoms with Gasteiger partial charge in [0.15, 0.2) is 5.60 Å². The van der Waals surface area contributed by atoms with Crippen molar-refractivity contribution in [1.29, 1.82) is 0 Å². The summed E-state index contributed by atoms with van der Waals surface area (Å²) >= 11 is 6.20. The van der Waals surface area contributed by atoms with Gasteiger partial charge in [-0.05, 0) is 26.0 Å². The lowest BCUT2D eigenvalue weighted by molar-refractivity contribution is 0.0492. The smallest absolute Gasteiger partial charge is 0.338 e. The van der Waals surface area contributed by atoms with E-state index in [4.69, 9.17) is 21.6 Å². The van der Waals surface area contributed by atoms with Gasteiger partial charge in [0, 0.05) is 26.1 Å². The minimum atomic E-state index is -1.00. The van der Waals surface area contributed by atoms with Gasteiger partial charge in [-0.15, -0.1) is 0 Å². The van der Waals surface area contributed by atoms with E-state index in [0.717, 1.165) is 15.9 Å². The van der Waals surface area contributed by atoms with E-state index in [1.165, 1.54) is 20.2 Å². The molecule has 1 saturated heterocycles. The van der Waals surface area contributed by atoms with Gasteiger partial charge in [-0.3, -0.25) is 9.80 Å². The molecule has 1 unspecified atom stereocenters. The first kappa shape index (κ1) is 20.6. The zero-order valence-corrected chi connectivity index (χ0v) is 17.0. The highest BCUT2D eigenvalue weighted by Crippen LogP contribution is 2.35. The van der Waals surface area contributed by atoms with Gasteiger partial charge in [-0.1, -0.05) is 28.5 Å². The first-order valence-corrected chi connectivity index (χ1v) is 8.87. The van der Waals surface area contributed by atoms with Crippen molar-refractivity contribution in [2.45, 2.75) is 25.9 Å². The minimum absolute atomic E-state index is 0.0273. The van der Waals surface area contributed by atoms with E-state index in [0.29, 0.717) is 10.6 Å². The normalized spacial score (nSPS) is 23.0. The summed E-state index contributed by atoms with van der Waals surface area (Å²) in [7, 11) is 2.85. The number of benzene rings is 1. The molecular formula is C18H19ClFN5O4. The van der Waals surface area contributed by atoms with Crippen LogP contribution < -0.4 is 4.90 Å². The Hall–Kier alpha value is -3.14. The van der Waals surface area contributed by atoms with E-state index in [1.54, 1.807) is 13.8 Å². The van der Waals surface area contributed by atoms with Gasteiger partial charge in [0.1, 0.15) is 17.3 Å². The van der Waals surface area contributed by atoms with Gasteiger partial charge in [0.25, 0.3) is 0 Å². The molecule has 11 heteroatoms. The highest BCUT2D eigenvalue weighted by Gasteiger charge is 2.41. The number of rotatable bonds is 3. The third-order valence-corrected chi connectivity index (χ3v) is 5.41. The molecular weight excluding hydrogens is 405 g/mol. The largest absolute Gasteiger partial charge is 0.411 e. The molecule has 1 atom stereocenters. The van der Waals surface area contributed by atoms with E-state index < -0.39 is 23.5 Å². The van der Waals surface area contributed by atoms with Crippen molar-refractivity contribution in [3.63, 3.8) is 0 Å². The maximum absolute atomic E-state index is 14.7. The molecule has 0 bridgehead atoms. The number of hydrogen-bond acceptors (Lipinski definition) is 6. The fourth-order valence-electron chi connectivity index (χ4n) is 2.95. The highest BCUT2D eigenvalue weighted by atomic mass is 35.5. The number of urea groups is 2. The molecule has 3 rings (SSSR count). The summed E-state index contributed by atoms with van der Waals surface area (Å²) in [6.07, 6.45) is 0.187. The Morgan fingerprint density at radius 1 is 1.34 bits per heavy atom. The van der Waals surface area contributed by atoms with Gasteiger partial charge in [0.2, 0.25) is 0 Å². The Labute approximate surface area is 171 Å². The number of carbonyl (C=O) groups is 2. The van der Waals surface area contributed by atoms with Crippen LogP contribution in [0.4, 0.5) is 19.7 Å². The maximum Gasteiger partial charge on any atom is 0.338 e. The highest BCUT2D eigenvalue weighted by molar-refractivity contribution is 6.34. The maximum atomic E-state index is 14.7. The zero-order chi connectivity index (χ0) is 21.7. The van der Waals surface area contributed by atoms with Crippen LogP contribution >= 0.6 is 11.6 Å². The number of carbonyl (C=O) groups excluding carboxylic acids is 2. The van der Waals surface area contributed by atoms with Crippen LogP contribution in [0.5, 0.6) is 0 Å². The monoisotopic (exact) mass is 423 g/mol. The van der Waals surface area contributed by atoms with Crippen molar-refractivity contribution in [3.8, 4) is 0 Å². The van der Waals surface area contributed by atoms with E-state index >= 15 is 0 Å². The number of hydrogen-bond donors (Lipinski definition) is 1. The summed E-state index contributed by atoms with van der Waals surface area (Å²) in [5, 5.41) is 16.2. The second-order valence-electron chi connectivity index (χ2n) is 6.94. The second kappa shape index (κ2) is 7.03. The summed E-state index contributed by atoms with van der Waals surface area (Å²) in [5.74, 6) is -0.695. The Morgan fingerprint density at radius 3 is 2.48 bits per heavy atom. The molecule has 0 aromatic heterocycles. The molecule has 0 aliphatic carbocycles. The lowest BCUT2D eigenvalue weighted by Gasteiger charge is -2.38. The average molecular weight is 424 g/mol.